The third kappa shape index (κ3) is 6.16. The lowest BCUT2D eigenvalue weighted by atomic mass is 10.1. The second kappa shape index (κ2) is 8.44. The first kappa shape index (κ1) is 15.4. The van der Waals surface area contributed by atoms with Gasteiger partial charge in [-0.25, -0.2) is 0 Å². The van der Waals surface area contributed by atoms with Crippen molar-refractivity contribution in [2.75, 3.05) is 11.5 Å². The van der Waals surface area contributed by atoms with Crippen molar-refractivity contribution < 1.29 is 9.90 Å². The molecule has 0 bridgehead atoms. The molecule has 1 aliphatic rings. The topological polar surface area (TPSA) is 37.3 Å². The molecule has 1 N–H and O–H groups in total. The van der Waals surface area contributed by atoms with Gasteiger partial charge in [0.05, 0.1) is 6.10 Å². The summed E-state index contributed by atoms with van der Waals surface area (Å²) in [6.07, 6.45) is 8.75. The van der Waals surface area contributed by atoms with E-state index < -0.39 is 0 Å². The molecule has 17 heavy (non-hydrogen) atoms. The second-order valence-electron chi connectivity index (χ2n) is 4.78. The maximum atomic E-state index is 11.2. The molecule has 0 spiro atoms. The van der Waals surface area contributed by atoms with E-state index >= 15 is 0 Å². The summed E-state index contributed by atoms with van der Waals surface area (Å²) in [7, 11) is 0. The Bertz CT molecular complexity index is 213. The van der Waals surface area contributed by atoms with Crippen molar-refractivity contribution in [1.82, 2.24) is 0 Å². The van der Waals surface area contributed by atoms with Gasteiger partial charge in [0, 0.05) is 0 Å². The van der Waals surface area contributed by atoms with Crippen molar-refractivity contribution in [2.45, 2.75) is 62.1 Å². The zero-order valence-corrected chi connectivity index (χ0v) is 12.3. The fraction of sp³-hybridized carbons (Fsp3) is 0.923. The number of carbonyl (C=O) groups is 1. The normalized spacial score (nSPS) is 21.1. The predicted octanol–water partition coefficient (Wildman–Crippen LogP) is 3.47. The first-order chi connectivity index (χ1) is 8.18. The van der Waals surface area contributed by atoms with E-state index in [9.17, 15) is 4.79 Å². The maximum Gasteiger partial charge on any atom is 0.146 e. The molecule has 0 aromatic carbocycles. The highest BCUT2D eigenvalue weighted by Gasteiger charge is 2.32. The highest BCUT2D eigenvalue weighted by atomic mass is 32.2. The van der Waals surface area contributed by atoms with Gasteiger partial charge in [0.1, 0.15) is 10.4 Å². The van der Waals surface area contributed by atoms with Gasteiger partial charge in [0.2, 0.25) is 0 Å². The van der Waals surface area contributed by atoms with Crippen LogP contribution in [-0.4, -0.2) is 33.1 Å². The maximum absolute atomic E-state index is 11.2. The van der Waals surface area contributed by atoms with Gasteiger partial charge >= 0.3 is 0 Å². The molecule has 1 aliphatic heterocycles. The van der Waals surface area contributed by atoms with Gasteiger partial charge in [-0.15, -0.1) is 23.5 Å². The number of aliphatic hydroxyl groups is 1. The molecule has 1 fully saturated rings. The molecule has 0 aliphatic carbocycles. The average Bonchev–Trinajstić information content (AvgIpc) is 2.34. The van der Waals surface area contributed by atoms with Crippen LogP contribution in [0.15, 0.2) is 0 Å². The number of hydrogen-bond acceptors (Lipinski definition) is 4. The predicted molar refractivity (Wildman–Crippen MR) is 77.7 cm³/mol. The van der Waals surface area contributed by atoms with E-state index in [-0.39, 0.29) is 10.2 Å². The van der Waals surface area contributed by atoms with Crippen molar-refractivity contribution in [3.05, 3.63) is 0 Å². The smallest absolute Gasteiger partial charge is 0.146 e. The third-order valence-corrected chi connectivity index (χ3v) is 6.33. The number of rotatable bonds is 8. The van der Waals surface area contributed by atoms with Crippen LogP contribution in [0.3, 0.4) is 0 Å². The Hall–Kier alpha value is 0.330. The molecule has 0 saturated carbocycles. The van der Waals surface area contributed by atoms with E-state index in [1.165, 1.54) is 19.3 Å². The van der Waals surface area contributed by atoms with Crippen molar-refractivity contribution in [2.24, 2.45) is 0 Å². The summed E-state index contributed by atoms with van der Waals surface area (Å²) in [5.74, 6) is 2.27. The van der Waals surface area contributed by atoms with Crippen LogP contribution in [0.2, 0.25) is 0 Å². The number of hydrogen-bond donors (Lipinski definition) is 1. The van der Waals surface area contributed by atoms with Crippen LogP contribution in [0.4, 0.5) is 0 Å². The highest BCUT2D eigenvalue weighted by molar-refractivity contribution is 8.19. The monoisotopic (exact) mass is 276 g/mol. The van der Waals surface area contributed by atoms with E-state index in [1.54, 1.807) is 0 Å². The standard InChI is InChI=1S/C13H24O2S2/c1-12(15)7-4-2-3-5-8-13(11-14)16-9-6-10-17-13/h11-12,15H,2-10H2,1H3/t12-/m1/s1. The van der Waals surface area contributed by atoms with Crippen LogP contribution >= 0.6 is 23.5 Å². The number of unbranched alkanes of at least 4 members (excludes halogenated alkanes) is 3. The molecule has 0 aromatic rings. The molecule has 1 saturated heterocycles. The van der Waals surface area contributed by atoms with Crippen LogP contribution < -0.4 is 0 Å². The minimum atomic E-state index is -0.166. The molecule has 0 radical (unpaired) electrons. The van der Waals surface area contributed by atoms with E-state index in [2.05, 4.69) is 0 Å². The lowest BCUT2D eigenvalue weighted by molar-refractivity contribution is -0.108. The number of aldehydes is 1. The molecular weight excluding hydrogens is 252 g/mol. The second-order valence-corrected chi connectivity index (χ2v) is 7.89. The third-order valence-electron chi connectivity index (χ3n) is 3.06. The first-order valence-electron chi connectivity index (χ1n) is 6.61. The quantitative estimate of drug-likeness (QED) is 0.544. The van der Waals surface area contributed by atoms with Gasteiger partial charge in [0.25, 0.3) is 0 Å². The molecule has 1 heterocycles. The lowest BCUT2D eigenvalue weighted by Gasteiger charge is -2.30. The molecular formula is C13H24O2S2. The summed E-state index contributed by atoms with van der Waals surface area (Å²) < 4.78 is -0.136. The van der Waals surface area contributed by atoms with Crippen LogP contribution in [0.1, 0.15) is 51.9 Å². The zero-order chi connectivity index (χ0) is 12.6. The van der Waals surface area contributed by atoms with E-state index in [0.29, 0.717) is 0 Å². The number of aliphatic hydroxyl groups excluding tert-OH is 1. The van der Waals surface area contributed by atoms with Gasteiger partial charge in [-0.2, -0.15) is 0 Å². The van der Waals surface area contributed by atoms with Crippen LogP contribution in [0, 0.1) is 0 Å². The average molecular weight is 276 g/mol. The van der Waals surface area contributed by atoms with E-state index in [0.717, 1.165) is 43.5 Å². The summed E-state index contributed by atoms with van der Waals surface area (Å²) in [6, 6.07) is 0. The highest BCUT2D eigenvalue weighted by Crippen LogP contribution is 2.44. The number of thioether (sulfide) groups is 2. The van der Waals surface area contributed by atoms with Crippen molar-refractivity contribution in [3.63, 3.8) is 0 Å². The molecule has 100 valence electrons. The molecule has 0 unspecified atom stereocenters. The number of carbonyl (C=O) groups excluding carboxylic acids is 1. The molecule has 1 atom stereocenters. The van der Waals surface area contributed by atoms with Gasteiger partial charge in [-0.05, 0) is 37.7 Å². The van der Waals surface area contributed by atoms with Crippen molar-refractivity contribution >= 4 is 29.8 Å². The molecule has 0 amide bonds. The SMILES string of the molecule is C[C@@H](O)CCCCCCC1(C=O)SCCCS1. The summed E-state index contributed by atoms with van der Waals surface area (Å²) in [6.45, 7) is 1.84. The molecule has 0 aromatic heterocycles. The largest absolute Gasteiger partial charge is 0.393 e. The first-order valence-corrected chi connectivity index (χ1v) is 8.58. The molecule has 1 rings (SSSR count). The Balaban J connectivity index is 2.09. The minimum Gasteiger partial charge on any atom is -0.393 e. The van der Waals surface area contributed by atoms with Crippen molar-refractivity contribution in [1.29, 1.82) is 0 Å². The Kier molecular flexibility index (Phi) is 7.64. The van der Waals surface area contributed by atoms with E-state index in [1.807, 2.05) is 30.4 Å². The summed E-state index contributed by atoms with van der Waals surface area (Å²) >= 11 is 3.67. The fourth-order valence-corrected chi connectivity index (χ4v) is 5.02. The van der Waals surface area contributed by atoms with E-state index in [4.69, 9.17) is 5.11 Å². The Morgan fingerprint density at radius 1 is 1.24 bits per heavy atom. The Labute approximate surface area is 113 Å². The van der Waals surface area contributed by atoms with Crippen molar-refractivity contribution in [3.8, 4) is 0 Å². The fourth-order valence-electron chi connectivity index (χ4n) is 2.03. The lowest BCUT2D eigenvalue weighted by Crippen LogP contribution is -2.26. The molecule has 2 nitrogen and oxygen atoms in total. The van der Waals surface area contributed by atoms with Gasteiger partial charge < -0.3 is 9.90 Å². The molecule has 4 heteroatoms. The van der Waals surface area contributed by atoms with Gasteiger partial charge in [-0.1, -0.05) is 25.7 Å². The summed E-state index contributed by atoms with van der Waals surface area (Å²) in [4.78, 5) is 11.2. The summed E-state index contributed by atoms with van der Waals surface area (Å²) in [5.41, 5.74) is 0. The Morgan fingerprint density at radius 3 is 2.47 bits per heavy atom. The van der Waals surface area contributed by atoms with Crippen LogP contribution in [0.5, 0.6) is 0 Å². The Morgan fingerprint density at radius 2 is 1.88 bits per heavy atom. The van der Waals surface area contributed by atoms with Gasteiger partial charge in [0.15, 0.2) is 0 Å². The van der Waals surface area contributed by atoms with Gasteiger partial charge in [-0.3, -0.25) is 0 Å². The van der Waals surface area contributed by atoms with Crippen LogP contribution in [0.25, 0.3) is 0 Å². The van der Waals surface area contributed by atoms with Crippen LogP contribution in [-0.2, 0) is 4.79 Å². The summed E-state index contributed by atoms with van der Waals surface area (Å²) in [5, 5.41) is 9.14. The minimum absolute atomic E-state index is 0.136. The zero-order valence-electron chi connectivity index (χ0n) is 10.7.